The lowest BCUT2D eigenvalue weighted by Crippen LogP contribution is -2.40. The standard InChI is InChI=1S/C18H27NO3/c1-4-5-8-16(18(21)22)19-17(20)9-6-7-15-11-10-13(2)12-14(15)3/h10-12,16H,4-9H2,1-3H3,(H,19,20)(H,21,22). The van der Waals surface area contributed by atoms with Gasteiger partial charge in [0.15, 0.2) is 0 Å². The highest BCUT2D eigenvalue weighted by Gasteiger charge is 2.18. The highest BCUT2D eigenvalue weighted by molar-refractivity contribution is 5.83. The highest BCUT2D eigenvalue weighted by atomic mass is 16.4. The molecule has 0 spiro atoms. The lowest BCUT2D eigenvalue weighted by molar-refractivity contribution is -0.142. The molecular weight excluding hydrogens is 278 g/mol. The van der Waals surface area contributed by atoms with Gasteiger partial charge >= 0.3 is 5.97 Å². The quantitative estimate of drug-likeness (QED) is 0.735. The topological polar surface area (TPSA) is 66.4 Å². The first kappa shape index (κ1) is 18.2. The lowest BCUT2D eigenvalue weighted by atomic mass is 10.0. The number of carboxylic acids is 1. The number of amides is 1. The number of aliphatic carboxylic acids is 1. The molecule has 122 valence electrons. The second kappa shape index (κ2) is 9.23. The van der Waals surface area contributed by atoms with Gasteiger partial charge in [-0.05, 0) is 44.2 Å². The van der Waals surface area contributed by atoms with E-state index in [0.29, 0.717) is 12.8 Å². The van der Waals surface area contributed by atoms with Crippen molar-refractivity contribution in [2.45, 2.75) is 65.3 Å². The minimum atomic E-state index is -0.948. The minimum absolute atomic E-state index is 0.173. The molecule has 2 N–H and O–H groups in total. The second-order valence-corrected chi connectivity index (χ2v) is 5.88. The van der Waals surface area contributed by atoms with Crippen LogP contribution in [0, 0.1) is 13.8 Å². The zero-order valence-electron chi connectivity index (χ0n) is 13.8. The van der Waals surface area contributed by atoms with Gasteiger partial charge in [0.25, 0.3) is 0 Å². The smallest absolute Gasteiger partial charge is 0.326 e. The van der Waals surface area contributed by atoms with E-state index >= 15 is 0 Å². The summed E-state index contributed by atoms with van der Waals surface area (Å²) in [6.45, 7) is 6.14. The summed E-state index contributed by atoms with van der Waals surface area (Å²) >= 11 is 0. The summed E-state index contributed by atoms with van der Waals surface area (Å²) < 4.78 is 0. The summed E-state index contributed by atoms with van der Waals surface area (Å²) in [4.78, 5) is 23.0. The fourth-order valence-electron chi connectivity index (χ4n) is 2.50. The van der Waals surface area contributed by atoms with Crippen molar-refractivity contribution >= 4 is 11.9 Å². The molecule has 1 aromatic carbocycles. The van der Waals surface area contributed by atoms with Crippen LogP contribution in [0.2, 0.25) is 0 Å². The van der Waals surface area contributed by atoms with Gasteiger partial charge in [-0.15, -0.1) is 0 Å². The summed E-state index contributed by atoms with van der Waals surface area (Å²) in [7, 11) is 0. The number of hydrogen-bond acceptors (Lipinski definition) is 2. The second-order valence-electron chi connectivity index (χ2n) is 5.88. The first-order valence-corrected chi connectivity index (χ1v) is 8.02. The van der Waals surface area contributed by atoms with Crippen molar-refractivity contribution in [3.8, 4) is 0 Å². The average Bonchev–Trinajstić information content (AvgIpc) is 2.45. The van der Waals surface area contributed by atoms with Gasteiger partial charge in [0.1, 0.15) is 6.04 Å². The van der Waals surface area contributed by atoms with Crippen molar-refractivity contribution in [2.24, 2.45) is 0 Å². The van der Waals surface area contributed by atoms with Gasteiger partial charge in [0.05, 0.1) is 0 Å². The van der Waals surface area contributed by atoms with Crippen LogP contribution in [0.4, 0.5) is 0 Å². The summed E-state index contributed by atoms with van der Waals surface area (Å²) in [5.74, 6) is -1.12. The van der Waals surface area contributed by atoms with Crippen molar-refractivity contribution in [3.05, 3.63) is 34.9 Å². The Kier molecular flexibility index (Phi) is 7.64. The zero-order valence-corrected chi connectivity index (χ0v) is 13.8. The van der Waals surface area contributed by atoms with Crippen molar-refractivity contribution < 1.29 is 14.7 Å². The molecule has 0 saturated heterocycles. The zero-order chi connectivity index (χ0) is 16.5. The predicted molar refractivity (Wildman–Crippen MR) is 87.9 cm³/mol. The number of nitrogens with one attached hydrogen (secondary N) is 1. The molecule has 1 aromatic rings. The van der Waals surface area contributed by atoms with Crippen molar-refractivity contribution in [1.29, 1.82) is 0 Å². The van der Waals surface area contributed by atoms with Gasteiger partial charge < -0.3 is 10.4 Å². The Bertz CT molecular complexity index is 511. The SMILES string of the molecule is CCCCC(NC(=O)CCCc1ccc(C)cc1C)C(=O)O. The molecule has 1 amide bonds. The van der Waals surface area contributed by atoms with Crippen LogP contribution >= 0.6 is 0 Å². The van der Waals surface area contributed by atoms with E-state index in [2.05, 4.69) is 37.4 Å². The molecule has 0 aliphatic rings. The van der Waals surface area contributed by atoms with Crippen molar-refractivity contribution in [3.63, 3.8) is 0 Å². The van der Waals surface area contributed by atoms with Gasteiger partial charge in [-0.25, -0.2) is 4.79 Å². The van der Waals surface area contributed by atoms with E-state index in [1.807, 2.05) is 6.92 Å². The normalized spacial score (nSPS) is 12.0. The largest absolute Gasteiger partial charge is 0.480 e. The summed E-state index contributed by atoms with van der Waals surface area (Å²) in [5, 5.41) is 11.7. The molecule has 0 saturated carbocycles. The van der Waals surface area contributed by atoms with Gasteiger partial charge in [0, 0.05) is 6.42 Å². The van der Waals surface area contributed by atoms with E-state index in [9.17, 15) is 9.59 Å². The van der Waals surface area contributed by atoms with Crippen LogP contribution in [0.15, 0.2) is 18.2 Å². The fourth-order valence-corrected chi connectivity index (χ4v) is 2.50. The van der Waals surface area contributed by atoms with Crippen LogP contribution < -0.4 is 5.32 Å². The third kappa shape index (κ3) is 6.29. The molecule has 1 atom stereocenters. The molecule has 0 fully saturated rings. The first-order chi connectivity index (χ1) is 10.4. The molecule has 0 aliphatic carbocycles. The minimum Gasteiger partial charge on any atom is -0.480 e. The number of aryl methyl sites for hydroxylation is 3. The summed E-state index contributed by atoms with van der Waals surface area (Å²) in [6, 6.07) is 5.56. The Hall–Kier alpha value is -1.84. The monoisotopic (exact) mass is 305 g/mol. The molecule has 0 heterocycles. The molecule has 0 radical (unpaired) electrons. The van der Waals surface area contributed by atoms with Crippen LogP contribution in [0.3, 0.4) is 0 Å². The van der Waals surface area contributed by atoms with Crippen LogP contribution in [-0.2, 0) is 16.0 Å². The number of unbranched alkanes of at least 4 members (excludes halogenated alkanes) is 1. The number of carboxylic acid groups (broad SMARTS) is 1. The van der Waals surface area contributed by atoms with Gasteiger partial charge in [-0.1, -0.05) is 43.5 Å². The lowest BCUT2D eigenvalue weighted by Gasteiger charge is -2.14. The molecule has 22 heavy (non-hydrogen) atoms. The number of benzene rings is 1. The van der Waals surface area contributed by atoms with E-state index < -0.39 is 12.0 Å². The Labute approximate surface area is 132 Å². The average molecular weight is 305 g/mol. The first-order valence-electron chi connectivity index (χ1n) is 8.02. The van der Waals surface area contributed by atoms with Crippen LogP contribution in [0.1, 0.15) is 55.7 Å². The Morgan fingerprint density at radius 3 is 2.55 bits per heavy atom. The number of carbonyl (C=O) groups excluding carboxylic acids is 1. The van der Waals surface area contributed by atoms with Gasteiger partial charge in [-0.2, -0.15) is 0 Å². The highest BCUT2D eigenvalue weighted by Crippen LogP contribution is 2.13. The number of carbonyl (C=O) groups is 2. The number of rotatable bonds is 9. The van der Waals surface area contributed by atoms with E-state index in [4.69, 9.17) is 5.11 Å². The van der Waals surface area contributed by atoms with E-state index in [1.165, 1.54) is 16.7 Å². The fraction of sp³-hybridized carbons (Fsp3) is 0.556. The molecule has 0 bridgehead atoms. The predicted octanol–water partition coefficient (Wildman–Crippen LogP) is 3.39. The Morgan fingerprint density at radius 2 is 1.95 bits per heavy atom. The molecule has 1 rings (SSSR count). The third-order valence-electron chi connectivity index (χ3n) is 3.83. The summed E-state index contributed by atoms with van der Waals surface area (Å²) in [5.41, 5.74) is 3.73. The van der Waals surface area contributed by atoms with Crippen LogP contribution in [0.5, 0.6) is 0 Å². The molecule has 0 aliphatic heterocycles. The van der Waals surface area contributed by atoms with Crippen LogP contribution in [-0.4, -0.2) is 23.0 Å². The Balaban J connectivity index is 2.40. The Morgan fingerprint density at radius 1 is 1.23 bits per heavy atom. The van der Waals surface area contributed by atoms with Gasteiger partial charge in [0.2, 0.25) is 5.91 Å². The van der Waals surface area contributed by atoms with E-state index in [0.717, 1.165) is 25.7 Å². The third-order valence-corrected chi connectivity index (χ3v) is 3.83. The van der Waals surface area contributed by atoms with E-state index in [-0.39, 0.29) is 5.91 Å². The van der Waals surface area contributed by atoms with Crippen molar-refractivity contribution in [1.82, 2.24) is 5.32 Å². The van der Waals surface area contributed by atoms with Crippen LogP contribution in [0.25, 0.3) is 0 Å². The molecular formula is C18H27NO3. The molecule has 4 nitrogen and oxygen atoms in total. The van der Waals surface area contributed by atoms with Gasteiger partial charge in [-0.3, -0.25) is 4.79 Å². The maximum absolute atomic E-state index is 11.9. The number of hydrogen-bond donors (Lipinski definition) is 2. The maximum atomic E-state index is 11.9. The van der Waals surface area contributed by atoms with E-state index in [1.54, 1.807) is 0 Å². The maximum Gasteiger partial charge on any atom is 0.326 e. The molecule has 0 aromatic heterocycles. The molecule has 4 heteroatoms. The molecule has 1 unspecified atom stereocenters. The van der Waals surface area contributed by atoms with Crippen molar-refractivity contribution in [2.75, 3.05) is 0 Å². The summed E-state index contributed by atoms with van der Waals surface area (Å²) in [6.07, 6.45) is 4.16.